The van der Waals surface area contributed by atoms with Crippen LogP contribution in [0.3, 0.4) is 0 Å². The fraction of sp³-hybridized carbons (Fsp3) is 0.833. The Morgan fingerprint density at radius 1 is 1.78 bits per heavy atom. The molecule has 1 unspecified atom stereocenters. The Morgan fingerprint density at radius 2 is 2.33 bits per heavy atom. The Balaban J connectivity index is 3.17. The molecule has 3 heteroatoms. The first-order valence-corrected chi connectivity index (χ1v) is 4.48. The molecule has 0 aliphatic carbocycles. The van der Waals surface area contributed by atoms with Crippen molar-refractivity contribution in [1.29, 1.82) is 0 Å². The SMILES string of the molecule is CCC(=O)OCC(C)[TeH]. The maximum absolute atomic E-state index is 10.5. The van der Waals surface area contributed by atoms with Gasteiger partial charge < -0.3 is 0 Å². The summed E-state index contributed by atoms with van der Waals surface area (Å²) in [5.41, 5.74) is 0. The topological polar surface area (TPSA) is 26.3 Å². The van der Waals surface area contributed by atoms with Crippen molar-refractivity contribution in [3.63, 3.8) is 0 Å². The Kier molecular flexibility index (Phi) is 5.22. The Labute approximate surface area is 68.9 Å². The molecule has 0 aromatic heterocycles. The van der Waals surface area contributed by atoms with Gasteiger partial charge in [0.1, 0.15) is 0 Å². The second-order valence-corrected chi connectivity index (χ2v) is 4.40. The van der Waals surface area contributed by atoms with Crippen molar-refractivity contribution >= 4 is 28.3 Å². The van der Waals surface area contributed by atoms with Crippen molar-refractivity contribution in [2.75, 3.05) is 6.61 Å². The van der Waals surface area contributed by atoms with E-state index < -0.39 is 0 Å². The average Bonchev–Trinajstić information content (AvgIpc) is 1.83. The zero-order valence-electron chi connectivity index (χ0n) is 5.76. The summed E-state index contributed by atoms with van der Waals surface area (Å²) in [5.74, 6) is -0.0997. The third kappa shape index (κ3) is 6.14. The van der Waals surface area contributed by atoms with E-state index in [1.165, 1.54) is 0 Å². The first-order valence-electron chi connectivity index (χ1n) is 3.00. The molecule has 0 aliphatic heterocycles. The van der Waals surface area contributed by atoms with E-state index in [-0.39, 0.29) is 5.97 Å². The zero-order valence-corrected chi connectivity index (χ0v) is 8.31. The van der Waals surface area contributed by atoms with Crippen LogP contribution in [-0.4, -0.2) is 34.9 Å². The van der Waals surface area contributed by atoms with E-state index in [0.29, 0.717) is 17.0 Å². The summed E-state index contributed by atoms with van der Waals surface area (Å²) in [6.45, 7) is 4.41. The Hall–Kier alpha value is 0.260. The third-order valence-electron chi connectivity index (χ3n) is 0.774. The van der Waals surface area contributed by atoms with Crippen molar-refractivity contribution in [2.24, 2.45) is 0 Å². The van der Waals surface area contributed by atoms with E-state index in [9.17, 15) is 4.79 Å². The number of hydrogen-bond acceptors (Lipinski definition) is 2. The summed E-state index contributed by atoms with van der Waals surface area (Å²) in [4.78, 5) is 10.5. The summed E-state index contributed by atoms with van der Waals surface area (Å²) in [6, 6.07) is 0. The molecule has 0 aromatic rings. The van der Waals surface area contributed by atoms with Gasteiger partial charge in [-0.25, -0.2) is 0 Å². The number of hydrogen-bond donors (Lipinski definition) is 0. The molecule has 0 aromatic carbocycles. The van der Waals surface area contributed by atoms with Crippen LogP contribution in [0.4, 0.5) is 0 Å². The molecule has 0 rings (SSSR count). The standard InChI is InChI=1S/C6H12O2Te/c1-3-6(7)8-4-5(2)9/h5,9H,3-4H2,1-2H3. The van der Waals surface area contributed by atoms with Gasteiger partial charge in [0.05, 0.1) is 0 Å². The number of ether oxygens (including phenoxy) is 1. The van der Waals surface area contributed by atoms with Crippen LogP contribution >= 0.6 is 0 Å². The van der Waals surface area contributed by atoms with Crippen LogP contribution in [0.1, 0.15) is 20.3 Å². The predicted molar refractivity (Wildman–Crippen MR) is 37.8 cm³/mol. The molecule has 1 atom stereocenters. The van der Waals surface area contributed by atoms with E-state index >= 15 is 0 Å². The van der Waals surface area contributed by atoms with Crippen molar-refractivity contribution in [2.45, 2.75) is 24.2 Å². The summed E-state index contributed by atoms with van der Waals surface area (Å²) in [6.07, 6.45) is 0.484. The Morgan fingerprint density at radius 3 is 2.67 bits per heavy atom. The summed E-state index contributed by atoms with van der Waals surface area (Å²) < 4.78 is 5.32. The van der Waals surface area contributed by atoms with Gasteiger partial charge in [-0.1, -0.05) is 0 Å². The molecule has 0 radical (unpaired) electrons. The second-order valence-electron chi connectivity index (χ2n) is 1.89. The van der Waals surface area contributed by atoms with Gasteiger partial charge in [-0.2, -0.15) is 0 Å². The van der Waals surface area contributed by atoms with Gasteiger partial charge in [0.15, 0.2) is 0 Å². The van der Waals surface area contributed by atoms with E-state index in [0.717, 1.165) is 0 Å². The molecule has 54 valence electrons. The first-order chi connectivity index (χ1) is 4.16. The number of carbonyl (C=O) groups excluding carboxylic acids is 1. The molecular weight excluding hydrogens is 232 g/mol. The van der Waals surface area contributed by atoms with Crippen LogP contribution in [-0.2, 0) is 9.53 Å². The molecular formula is C6H12O2Te. The molecule has 9 heavy (non-hydrogen) atoms. The average molecular weight is 244 g/mol. The van der Waals surface area contributed by atoms with Gasteiger partial charge in [-0.05, 0) is 0 Å². The number of rotatable bonds is 3. The molecule has 0 heterocycles. The van der Waals surface area contributed by atoms with Gasteiger partial charge in [0, 0.05) is 0 Å². The summed E-state index contributed by atoms with van der Waals surface area (Å²) in [5, 5.41) is 0. The number of carbonyl (C=O) groups is 1. The molecule has 0 spiro atoms. The van der Waals surface area contributed by atoms with Gasteiger partial charge in [0.2, 0.25) is 0 Å². The fourth-order valence-corrected chi connectivity index (χ4v) is 0.528. The molecule has 0 N–H and O–H groups in total. The summed E-state index contributed by atoms with van der Waals surface area (Å²) >= 11 is 1.69. The van der Waals surface area contributed by atoms with Crippen LogP contribution in [0.25, 0.3) is 0 Å². The Bertz CT molecular complexity index is 91.1. The van der Waals surface area contributed by atoms with E-state index in [4.69, 9.17) is 4.74 Å². The first kappa shape index (κ1) is 9.26. The molecule has 0 aliphatic rings. The van der Waals surface area contributed by atoms with Crippen molar-refractivity contribution in [3.8, 4) is 0 Å². The minimum atomic E-state index is -0.0997. The maximum atomic E-state index is 10.5. The molecule has 2 nitrogen and oxygen atoms in total. The van der Waals surface area contributed by atoms with Crippen molar-refractivity contribution in [1.82, 2.24) is 0 Å². The fourth-order valence-electron chi connectivity index (χ4n) is 0.316. The third-order valence-corrected chi connectivity index (χ3v) is 1.20. The minimum absolute atomic E-state index is 0.0997. The predicted octanol–water partition coefficient (Wildman–Crippen LogP) is 0.649. The molecule has 0 amide bonds. The molecule has 0 fully saturated rings. The van der Waals surface area contributed by atoms with Crippen LogP contribution in [0.2, 0.25) is 3.97 Å². The van der Waals surface area contributed by atoms with Crippen LogP contribution in [0.15, 0.2) is 0 Å². The molecule has 0 saturated heterocycles. The van der Waals surface area contributed by atoms with Crippen molar-refractivity contribution < 1.29 is 9.53 Å². The van der Waals surface area contributed by atoms with Gasteiger partial charge >= 0.3 is 68.6 Å². The van der Waals surface area contributed by atoms with Crippen LogP contribution in [0, 0.1) is 0 Å². The van der Waals surface area contributed by atoms with Gasteiger partial charge in [-0.3, -0.25) is 0 Å². The quantitative estimate of drug-likeness (QED) is 0.538. The van der Waals surface area contributed by atoms with E-state index in [1.54, 1.807) is 29.2 Å². The zero-order chi connectivity index (χ0) is 7.28. The normalized spacial score (nSPS) is 12.8. The number of esters is 1. The second kappa shape index (κ2) is 5.08. The van der Waals surface area contributed by atoms with E-state index in [2.05, 4.69) is 0 Å². The van der Waals surface area contributed by atoms with Crippen molar-refractivity contribution in [3.05, 3.63) is 0 Å². The molecule has 0 saturated carbocycles. The van der Waals surface area contributed by atoms with E-state index in [1.807, 2.05) is 6.92 Å². The van der Waals surface area contributed by atoms with Gasteiger partial charge in [0.25, 0.3) is 0 Å². The molecule has 0 bridgehead atoms. The monoisotopic (exact) mass is 246 g/mol. The van der Waals surface area contributed by atoms with Crippen LogP contribution in [0.5, 0.6) is 0 Å². The van der Waals surface area contributed by atoms with Crippen LogP contribution < -0.4 is 0 Å². The van der Waals surface area contributed by atoms with Gasteiger partial charge in [-0.15, -0.1) is 0 Å². The summed E-state index contributed by atoms with van der Waals surface area (Å²) in [7, 11) is 0.